The number of carbonyl (C=O) groups is 1. The topological polar surface area (TPSA) is 62.6 Å². The average Bonchev–Trinajstić information content (AvgIpc) is 2.78. The van der Waals surface area contributed by atoms with E-state index in [0.717, 1.165) is 25.8 Å². The van der Waals surface area contributed by atoms with Gasteiger partial charge in [-0.25, -0.2) is 0 Å². The molecule has 1 aliphatic heterocycles. The summed E-state index contributed by atoms with van der Waals surface area (Å²) in [5.41, 5.74) is 0.517. The number of nitrogens with zero attached hydrogens (tertiary/aromatic N) is 2. The molecule has 5 nitrogen and oxygen atoms in total. The van der Waals surface area contributed by atoms with Crippen molar-refractivity contribution in [2.45, 2.75) is 25.4 Å². The molecule has 1 unspecified atom stereocenters. The maximum absolute atomic E-state index is 12.7. The van der Waals surface area contributed by atoms with Crippen LogP contribution >= 0.6 is 0 Å². The quantitative estimate of drug-likeness (QED) is 0.852. The first-order valence-electron chi connectivity index (χ1n) is 7.17. The third-order valence-electron chi connectivity index (χ3n) is 3.71. The van der Waals surface area contributed by atoms with E-state index in [0.29, 0.717) is 17.9 Å². The van der Waals surface area contributed by atoms with E-state index in [1.165, 1.54) is 0 Å². The van der Waals surface area contributed by atoms with Gasteiger partial charge in [-0.2, -0.15) is 5.26 Å². The summed E-state index contributed by atoms with van der Waals surface area (Å²) < 4.78 is 10.7. The van der Waals surface area contributed by atoms with Crippen LogP contribution in [-0.2, 0) is 4.74 Å². The minimum Gasteiger partial charge on any atom is -0.478 e. The number of rotatable bonds is 4. The van der Waals surface area contributed by atoms with Crippen LogP contribution in [0.25, 0.3) is 0 Å². The van der Waals surface area contributed by atoms with Crippen molar-refractivity contribution in [3.63, 3.8) is 0 Å². The largest absolute Gasteiger partial charge is 0.478 e. The van der Waals surface area contributed by atoms with Gasteiger partial charge in [0.2, 0.25) is 0 Å². The first kappa shape index (κ1) is 15.3. The van der Waals surface area contributed by atoms with Crippen LogP contribution in [-0.4, -0.2) is 43.7 Å². The Morgan fingerprint density at radius 1 is 1.38 bits per heavy atom. The molecule has 0 N–H and O–H groups in total. The van der Waals surface area contributed by atoms with Crippen molar-refractivity contribution in [1.29, 1.82) is 5.26 Å². The van der Waals surface area contributed by atoms with Gasteiger partial charge in [0.25, 0.3) is 5.91 Å². The van der Waals surface area contributed by atoms with Crippen molar-refractivity contribution in [2.75, 3.05) is 26.8 Å². The molecule has 2 rings (SSSR count). The second kappa shape index (κ2) is 7.65. The number of methoxy groups -OCH3 is 1. The minimum atomic E-state index is -0.0595. The molecule has 0 spiro atoms. The van der Waals surface area contributed by atoms with E-state index in [2.05, 4.69) is 0 Å². The number of hydrogen-bond donors (Lipinski definition) is 0. The normalized spacial score (nSPS) is 18.7. The number of carbonyl (C=O) groups excluding carboxylic acids is 1. The molecule has 0 aliphatic carbocycles. The third-order valence-corrected chi connectivity index (χ3v) is 3.71. The van der Waals surface area contributed by atoms with Gasteiger partial charge in [0.1, 0.15) is 11.8 Å². The Labute approximate surface area is 125 Å². The van der Waals surface area contributed by atoms with Gasteiger partial charge in [-0.1, -0.05) is 12.1 Å². The Hall–Kier alpha value is -2.06. The molecule has 1 saturated heterocycles. The summed E-state index contributed by atoms with van der Waals surface area (Å²) >= 11 is 0. The Morgan fingerprint density at radius 2 is 2.19 bits per heavy atom. The fourth-order valence-electron chi connectivity index (χ4n) is 2.55. The molecule has 1 aromatic carbocycles. The average molecular weight is 288 g/mol. The fraction of sp³-hybridized carbons (Fsp3) is 0.500. The molecule has 5 heteroatoms. The van der Waals surface area contributed by atoms with E-state index >= 15 is 0 Å². The first-order chi connectivity index (χ1) is 10.3. The molecule has 0 aromatic heterocycles. The molecular formula is C16H20N2O3. The van der Waals surface area contributed by atoms with Crippen molar-refractivity contribution >= 4 is 5.91 Å². The number of nitriles is 1. The molecule has 1 fully saturated rings. The van der Waals surface area contributed by atoms with Crippen molar-refractivity contribution in [3.8, 4) is 11.8 Å². The van der Waals surface area contributed by atoms with E-state index < -0.39 is 0 Å². The summed E-state index contributed by atoms with van der Waals surface area (Å²) in [6.07, 6.45) is 3.00. The Bertz CT molecular complexity index is 524. The molecular weight excluding hydrogens is 268 g/mol. The number of amides is 1. The van der Waals surface area contributed by atoms with Gasteiger partial charge in [0, 0.05) is 20.2 Å². The maximum Gasteiger partial charge on any atom is 0.257 e. The summed E-state index contributed by atoms with van der Waals surface area (Å²) in [6, 6.07) is 8.99. The van der Waals surface area contributed by atoms with Crippen molar-refractivity contribution < 1.29 is 14.3 Å². The van der Waals surface area contributed by atoms with Crippen molar-refractivity contribution in [2.24, 2.45) is 0 Å². The third kappa shape index (κ3) is 3.96. The standard InChI is InChI=1S/C16H20N2O3/c1-20-13-5-4-10-18(11-8-13)16(19)14-6-2-3-7-15(14)21-12-9-17/h2-3,6-7,13H,4-5,8,10-12H2,1H3. The molecule has 1 amide bonds. The van der Waals surface area contributed by atoms with Gasteiger partial charge in [0.05, 0.1) is 11.7 Å². The number of likely N-dealkylation sites (tertiary alicyclic amines) is 1. The van der Waals surface area contributed by atoms with Crippen LogP contribution in [0.15, 0.2) is 24.3 Å². The lowest BCUT2D eigenvalue weighted by Gasteiger charge is -2.21. The molecule has 1 heterocycles. The maximum atomic E-state index is 12.7. The summed E-state index contributed by atoms with van der Waals surface area (Å²) in [4.78, 5) is 14.5. The van der Waals surface area contributed by atoms with E-state index in [9.17, 15) is 4.79 Å². The lowest BCUT2D eigenvalue weighted by Crippen LogP contribution is -2.32. The number of benzene rings is 1. The molecule has 0 bridgehead atoms. The van der Waals surface area contributed by atoms with Gasteiger partial charge < -0.3 is 14.4 Å². The lowest BCUT2D eigenvalue weighted by atomic mass is 10.1. The van der Waals surface area contributed by atoms with Crippen molar-refractivity contribution in [3.05, 3.63) is 29.8 Å². The van der Waals surface area contributed by atoms with Gasteiger partial charge in [-0.05, 0) is 31.4 Å². The van der Waals surface area contributed by atoms with Crippen LogP contribution in [0.2, 0.25) is 0 Å². The number of hydrogen-bond acceptors (Lipinski definition) is 4. The summed E-state index contributed by atoms with van der Waals surface area (Å²) in [5, 5.41) is 8.62. The predicted octanol–water partition coefficient (Wildman–Crippen LogP) is 2.23. The Balaban J connectivity index is 2.11. The van der Waals surface area contributed by atoms with Gasteiger partial charge in [-0.15, -0.1) is 0 Å². The molecule has 0 saturated carbocycles. The molecule has 1 atom stereocenters. The zero-order valence-corrected chi connectivity index (χ0v) is 12.2. The van der Waals surface area contributed by atoms with Crippen LogP contribution in [0.5, 0.6) is 5.75 Å². The summed E-state index contributed by atoms with van der Waals surface area (Å²) in [6.45, 7) is 1.35. The summed E-state index contributed by atoms with van der Waals surface area (Å²) in [7, 11) is 1.72. The first-order valence-corrected chi connectivity index (χ1v) is 7.17. The molecule has 21 heavy (non-hydrogen) atoms. The minimum absolute atomic E-state index is 0.0414. The van der Waals surface area contributed by atoms with Crippen LogP contribution in [0.3, 0.4) is 0 Å². The molecule has 1 aliphatic rings. The zero-order valence-electron chi connectivity index (χ0n) is 12.2. The Morgan fingerprint density at radius 3 is 2.95 bits per heavy atom. The van der Waals surface area contributed by atoms with Crippen LogP contribution < -0.4 is 4.74 Å². The van der Waals surface area contributed by atoms with Crippen LogP contribution in [0.4, 0.5) is 0 Å². The molecule has 112 valence electrons. The van der Waals surface area contributed by atoms with E-state index in [4.69, 9.17) is 14.7 Å². The second-order valence-corrected chi connectivity index (χ2v) is 5.02. The van der Waals surface area contributed by atoms with Gasteiger partial charge >= 0.3 is 0 Å². The fourth-order valence-corrected chi connectivity index (χ4v) is 2.55. The van der Waals surface area contributed by atoms with E-state index in [1.54, 1.807) is 25.3 Å². The van der Waals surface area contributed by atoms with Gasteiger partial charge in [-0.3, -0.25) is 4.79 Å². The monoisotopic (exact) mass is 288 g/mol. The highest BCUT2D eigenvalue weighted by atomic mass is 16.5. The smallest absolute Gasteiger partial charge is 0.257 e. The second-order valence-electron chi connectivity index (χ2n) is 5.02. The van der Waals surface area contributed by atoms with Crippen LogP contribution in [0.1, 0.15) is 29.6 Å². The lowest BCUT2D eigenvalue weighted by molar-refractivity contribution is 0.0720. The Kier molecular flexibility index (Phi) is 5.59. The van der Waals surface area contributed by atoms with Crippen molar-refractivity contribution in [1.82, 2.24) is 4.90 Å². The van der Waals surface area contributed by atoms with Gasteiger partial charge in [0.15, 0.2) is 6.61 Å². The highest BCUT2D eigenvalue weighted by molar-refractivity contribution is 5.97. The number of para-hydroxylation sites is 1. The highest BCUT2D eigenvalue weighted by Crippen LogP contribution is 2.22. The van der Waals surface area contributed by atoms with Crippen LogP contribution in [0, 0.1) is 11.3 Å². The molecule has 0 radical (unpaired) electrons. The predicted molar refractivity (Wildman–Crippen MR) is 78.1 cm³/mol. The molecule has 1 aromatic rings. The number of ether oxygens (including phenoxy) is 2. The summed E-state index contributed by atoms with van der Waals surface area (Å²) in [5.74, 6) is 0.428. The van der Waals surface area contributed by atoms with E-state index in [1.807, 2.05) is 17.0 Å². The zero-order chi connectivity index (χ0) is 15.1. The highest BCUT2D eigenvalue weighted by Gasteiger charge is 2.23. The SMILES string of the molecule is COC1CCCN(C(=O)c2ccccc2OCC#N)CC1. The van der Waals surface area contributed by atoms with E-state index in [-0.39, 0.29) is 18.6 Å².